The molecule has 0 saturated carbocycles. The van der Waals surface area contributed by atoms with Crippen LogP contribution in [-0.4, -0.2) is 26.2 Å². The molecule has 0 amide bonds. The second-order valence-electron chi connectivity index (χ2n) is 1.30. The Morgan fingerprint density at radius 3 is 1.75 bits per heavy atom. The second-order valence-corrected chi connectivity index (χ2v) is 2.21. The van der Waals surface area contributed by atoms with E-state index in [0.717, 1.165) is 4.47 Å². The van der Waals surface area contributed by atoms with Crippen molar-refractivity contribution < 1.29 is 0 Å². The molecule has 44 valence electrons. The molecule has 2 heteroatoms. The van der Waals surface area contributed by atoms with Gasteiger partial charge in [-0.05, 0) is 12.1 Å². The average Bonchev–Trinajstić information content (AvgIpc) is 1.69. The number of benzene rings is 1. The molecule has 0 N–H and O–H groups in total. The second kappa shape index (κ2) is 4.46. The number of hydrogen-bond donors (Lipinski definition) is 0. The Labute approximate surface area is 76.5 Å². The molecule has 0 fully saturated rings. The van der Waals surface area contributed by atoms with Crippen LogP contribution < -0.4 is 0 Å². The fourth-order valence-electron chi connectivity index (χ4n) is 0.415. The van der Waals surface area contributed by atoms with Crippen molar-refractivity contribution in [1.29, 1.82) is 0 Å². The van der Waals surface area contributed by atoms with E-state index < -0.39 is 0 Å². The van der Waals surface area contributed by atoms with Crippen LogP contribution in [0.2, 0.25) is 0 Å². The first-order valence-electron chi connectivity index (χ1n) is 2.10. The first kappa shape index (κ1) is 8.58. The molecule has 0 saturated heterocycles. The van der Waals surface area contributed by atoms with E-state index in [9.17, 15) is 0 Å². The normalized spacial score (nSPS) is 7.62. The summed E-state index contributed by atoms with van der Waals surface area (Å²) >= 11 is 3.31. The Hall–Kier alpha value is 0.583. The molecule has 0 aliphatic rings. The van der Waals surface area contributed by atoms with Crippen LogP contribution in [0.4, 0.5) is 0 Å². The summed E-state index contributed by atoms with van der Waals surface area (Å²) < 4.78 is 1.13. The van der Waals surface area contributed by atoms with E-state index in [-0.39, 0.29) is 26.2 Å². The van der Waals surface area contributed by atoms with Crippen LogP contribution >= 0.6 is 15.9 Å². The topological polar surface area (TPSA) is 0 Å². The number of halogens is 1. The zero-order valence-electron chi connectivity index (χ0n) is 4.47. The van der Waals surface area contributed by atoms with Gasteiger partial charge >= 0.3 is 26.2 Å². The average molecular weight is 369 g/mol. The van der Waals surface area contributed by atoms with Gasteiger partial charge in [-0.3, -0.25) is 0 Å². The molecule has 0 aliphatic heterocycles. The molecule has 1 aromatic carbocycles. The van der Waals surface area contributed by atoms with Gasteiger partial charge in [-0.1, -0.05) is 34.1 Å². The first-order valence-corrected chi connectivity index (χ1v) is 2.89. The van der Waals surface area contributed by atoms with Crippen molar-refractivity contribution in [3.8, 4) is 0 Å². The summed E-state index contributed by atoms with van der Waals surface area (Å²) in [6.45, 7) is 0. The van der Waals surface area contributed by atoms with Gasteiger partial charge in [-0.2, -0.15) is 0 Å². The Kier molecular flexibility index (Phi) is 4.79. The predicted octanol–water partition coefficient (Wildman–Crippen LogP) is 1.27. The Morgan fingerprint density at radius 1 is 1.00 bits per heavy atom. The third kappa shape index (κ3) is 2.79. The van der Waals surface area contributed by atoms with Crippen molar-refractivity contribution in [2.24, 2.45) is 0 Å². The van der Waals surface area contributed by atoms with E-state index in [1.165, 1.54) is 0 Å². The molecule has 0 radical (unpaired) electrons. The maximum atomic E-state index is 3.31. The van der Waals surface area contributed by atoms with Crippen molar-refractivity contribution in [3.63, 3.8) is 0 Å². The molecule has 8 heavy (non-hydrogen) atoms. The number of hydrogen-bond acceptors (Lipinski definition) is 0. The quantitative estimate of drug-likeness (QED) is 0.605. The molecule has 0 unspecified atom stereocenters. The van der Waals surface area contributed by atoms with Gasteiger partial charge in [0.05, 0.1) is 0 Å². The molecular weight excluding hydrogens is 361 g/mol. The van der Waals surface area contributed by atoms with Crippen LogP contribution in [0.3, 0.4) is 0 Å². The molecule has 1 rings (SSSR count). The number of rotatable bonds is 0. The molecule has 0 heterocycles. The summed E-state index contributed by atoms with van der Waals surface area (Å²) in [6.07, 6.45) is 0. The predicted molar refractivity (Wildman–Crippen MR) is 44.1 cm³/mol. The van der Waals surface area contributed by atoms with E-state index in [4.69, 9.17) is 0 Å². The van der Waals surface area contributed by atoms with Gasteiger partial charge < -0.3 is 0 Å². The van der Waals surface area contributed by atoms with Crippen LogP contribution in [0, 0.1) is 0 Å². The van der Waals surface area contributed by atoms with Gasteiger partial charge in [0.15, 0.2) is 0 Å². The van der Waals surface area contributed by atoms with Crippen molar-refractivity contribution in [1.82, 2.24) is 0 Å². The standard InChI is InChI=1S/C6H5Br.Bi.3H/c7-6-4-2-1-3-5-6;;;;/h1-5H;;;;. The molecule has 0 aromatic heterocycles. The summed E-state index contributed by atoms with van der Waals surface area (Å²) in [5.74, 6) is 0. The van der Waals surface area contributed by atoms with Gasteiger partial charge in [0.1, 0.15) is 0 Å². The van der Waals surface area contributed by atoms with E-state index in [0.29, 0.717) is 0 Å². The van der Waals surface area contributed by atoms with Crippen molar-refractivity contribution >= 4 is 42.1 Å². The molecule has 0 bridgehead atoms. The van der Waals surface area contributed by atoms with Crippen LogP contribution in [0.5, 0.6) is 0 Å². The zero-order chi connectivity index (χ0) is 5.11. The molecule has 0 atom stereocenters. The van der Waals surface area contributed by atoms with Crippen molar-refractivity contribution in [2.75, 3.05) is 0 Å². The van der Waals surface area contributed by atoms with Crippen LogP contribution in [-0.2, 0) is 0 Å². The summed E-state index contributed by atoms with van der Waals surface area (Å²) in [5.41, 5.74) is 0. The molecule has 0 nitrogen and oxygen atoms in total. The Bertz CT molecular complexity index is 138. The van der Waals surface area contributed by atoms with Crippen molar-refractivity contribution in [3.05, 3.63) is 34.8 Å². The van der Waals surface area contributed by atoms with Gasteiger partial charge in [-0.15, -0.1) is 0 Å². The molecule has 0 aliphatic carbocycles. The first-order chi connectivity index (χ1) is 3.39. The van der Waals surface area contributed by atoms with Crippen LogP contribution in [0.1, 0.15) is 0 Å². The van der Waals surface area contributed by atoms with Gasteiger partial charge in [-0.25, -0.2) is 0 Å². The van der Waals surface area contributed by atoms with E-state index in [1.54, 1.807) is 0 Å². The van der Waals surface area contributed by atoms with Gasteiger partial charge in [0, 0.05) is 4.47 Å². The Balaban J connectivity index is 0.000000490. The maximum absolute atomic E-state index is 3.31. The van der Waals surface area contributed by atoms with E-state index >= 15 is 0 Å². The van der Waals surface area contributed by atoms with Gasteiger partial charge in [0.2, 0.25) is 0 Å². The van der Waals surface area contributed by atoms with Crippen LogP contribution in [0.15, 0.2) is 34.8 Å². The molecular formula is C6H8BiBr. The van der Waals surface area contributed by atoms with Gasteiger partial charge in [0.25, 0.3) is 0 Å². The fourth-order valence-corrected chi connectivity index (χ4v) is 0.720. The Morgan fingerprint density at radius 2 is 1.50 bits per heavy atom. The summed E-state index contributed by atoms with van der Waals surface area (Å²) in [6, 6.07) is 9.97. The molecule has 0 spiro atoms. The monoisotopic (exact) mass is 368 g/mol. The fraction of sp³-hybridized carbons (Fsp3) is 0. The minimum atomic E-state index is 0. The van der Waals surface area contributed by atoms with E-state index in [2.05, 4.69) is 15.9 Å². The minimum absolute atomic E-state index is 0. The van der Waals surface area contributed by atoms with E-state index in [1.807, 2.05) is 30.3 Å². The summed E-state index contributed by atoms with van der Waals surface area (Å²) in [5, 5.41) is 0. The summed E-state index contributed by atoms with van der Waals surface area (Å²) in [4.78, 5) is 0. The zero-order valence-corrected chi connectivity index (χ0v) is 11.6. The molecule has 1 aromatic rings. The third-order valence-electron chi connectivity index (χ3n) is 0.733. The van der Waals surface area contributed by atoms with Crippen molar-refractivity contribution in [2.45, 2.75) is 0 Å². The van der Waals surface area contributed by atoms with Crippen LogP contribution in [0.25, 0.3) is 0 Å². The third-order valence-corrected chi connectivity index (χ3v) is 1.26. The SMILES string of the molecule is Brc1ccccc1.[BiH3]. The summed E-state index contributed by atoms with van der Waals surface area (Å²) in [7, 11) is 0.